The molecule has 3 saturated heterocycles. The van der Waals surface area contributed by atoms with Gasteiger partial charge in [0.2, 0.25) is 0 Å². The number of hydrogen-bond acceptors (Lipinski definition) is 6. The van der Waals surface area contributed by atoms with Gasteiger partial charge in [0.05, 0.1) is 17.3 Å². The van der Waals surface area contributed by atoms with E-state index in [-0.39, 0.29) is 17.6 Å². The molecule has 3 aliphatic heterocycles. The molecule has 4 heterocycles. The van der Waals surface area contributed by atoms with Crippen LogP contribution >= 0.6 is 0 Å². The van der Waals surface area contributed by atoms with Gasteiger partial charge < -0.3 is 10.3 Å². The second-order valence-corrected chi connectivity index (χ2v) is 5.51. The largest absolute Gasteiger partial charge is 0.396 e. The van der Waals surface area contributed by atoms with Crippen molar-refractivity contribution in [3.63, 3.8) is 0 Å². The number of benzene rings is 1. The quantitative estimate of drug-likeness (QED) is 0.836. The molecule has 21 heavy (non-hydrogen) atoms. The molecule has 0 amide bonds. The van der Waals surface area contributed by atoms with Gasteiger partial charge in [-0.05, 0) is 12.1 Å². The summed E-state index contributed by atoms with van der Waals surface area (Å²) in [5.41, 5.74) is 6.23. The first-order valence-corrected chi connectivity index (χ1v) is 7.07. The van der Waals surface area contributed by atoms with E-state index in [1.54, 1.807) is 12.1 Å². The molecule has 3 fully saturated rings. The molecule has 2 N–H and O–H groups in total. The number of para-hydroxylation sites is 1. The molecule has 7 heteroatoms. The topological polar surface area (TPSA) is 71.4 Å². The summed E-state index contributed by atoms with van der Waals surface area (Å²) in [5.74, 6) is 0.455. The van der Waals surface area contributed by atoms with Crippen LogP contribution in [0.4, 0.5) is 10.1 Å². The van der Waals surface area contributed by atoms with E-state index in [2.05, 4.69) is 19.9 Å². The van der Waals surface area contributed by atoms with Gasteiger partial charge in [-0.25, -0.2) is 4.39 Å². The van der Waals surface area contributed by atoms with Crippen molar-refractivity contribution in [3.05, 3.63) is 29.8 Å². The summed E-state index contributed by atoms with van der Waals surface area (Å²) in [4.78, 5) is 9.20. The zero-order chi connectivity index (χ0) is 14.4. The lowest BCUT2D eigenvalue weighted by Gasteiger charge is -2.46. The fourth-order valence-corrected chi connectivity index (χ4v) is 3.07. The highest BCUT2D eigenvalue weighted by Crippen LogP contribution is 2.30. The summed E-state index contributed by atoms with van der Waals surface area (Å²) >= 11 is 0. The van der Waals surface area contributed by atoms with Gasteiger partial charge in [-0.3, -0.25) is 9.80 Å². The van der Waals surface area contributed by atoms with E-state index in [1.165, 1.54) is 6.07 Å². The SMILES string of the molecule is Nc1c(F)cccc1-c1nc(C2CN3CCN2CC3)no1. The van der Waals surface area contributed by atoms with E-state index in [9.17, 15) is 4.39 Å². The van der Waals surface area contributed by atoms with E-state index in [1.807, 2.05) is 0 Å². The molecule has 1 aromatic heterocycles. The third-order valence-corrected chi connectivity index (χ3v) is 4.30. The van der Waals surface area contributed by atoms with Crippen LogP contribution in [0.3, 0.4) is 0 Å². The van der Waals surface area contributed by atoms with E-state index >= 15 is 0 Å². The zero-order valence-electron chi connectivity index (χ0n) is 11.5. The van der Waals surface area contributed by atoms with Crippen molar-refractivity contribution < 1.29 is 8.91 Å². The maximum atomic E-state index is 13.5. The number of rotatable bonds is 2. The maximum absolute atomic E-state index is 13.5. The van der Waals surface area contributed by atoms with Crippen LogP contribution in [-0.2, 0) is 0 Å². The van der Waals surface area contributed by atoms with Crippen molar-refractivity contribution in [1.29, 1.82) is 0 Å². The molecule has 1 aromatic carbocycles. The summed E-state index contributed by atoms with van der Waals surface area (Å²) in [6.07, 6.45) is 0. The Morgan fingerprint density at radius 2 is 2.05 bits per heavy atom. The zero-order valence-corrected chi connectivity index (χ0v) is 11.5. The third-order valence-electron chi connectivity index (χ3n) is 4.30. The van der Waals surface area contributed by atoms with Crippen molar-refractivity contribution in [3.8, 4) is 11.5 Å². The molecule has 0 saturated carbocycles. The van der Waals surface area contributed by atoms with Crippen LogP contribution in [0.5, 0.6) is 0 Å². The van der Waals surface area contributed by atoms with Crippen molar-refractivity contribution >= 4 is 5.69 Å². The fourth-order valence-electron chi connectivity index (χ4n) is 3.07. The Morgan fingerprint density at radius 1 is 1.24 bits per heavy atom. The van der Waals surface area contributed by atoms with E-state index in [0.717, 1.165) is 32.7 Å². The number of aromatic nitrogens is 2. The van der Waals surface area contributed by atoms with Crippen molar-refractivity contribution in [1.82, 2.24) is 19.9 Å². The number of fused-ring (bicyclic) bond motifs is 3. The Hall–Kier alpha value is -1.99. The molecule has 6 nitrogen and oxygen atoms in total. The number of anilines is 1. The molecule has 2 aromatic rings. The number of halogens is 1. The van der Waals surface area contributed by atoms with Crippen LogP contribution in [0.15, 0.2) is 22.7 Å². The molecule has 0 spiro atoms. The second-order valence-electron chi connectivity index (χ2n) is 5.51. The van der Waals surface area contributed by atoms with Crippen LogP contribution in [-0.4, -0.2) is 52.7 Å². The number of nitrogen functional groups attached to an aromatic ring is 1. The average molecular weight is 289 g/mol. The number of piperazine rings is 3. The lowest BCUT2D eigenvalue weighted by molar-refractivity contribution is 0.00781. The van der Waals surface area contributed by atoms with Gasteiger partial charge in [-0.15, -0.1) is 0 Å². The van der Waals surface area contributed by atoms with Gasteiger partial charge in [0.25, 0.3) is 5.89 Å². The van der Waals surface area contributed by atoms with Gasteiger partial charge >= 0.3 is 0 Å². The summed E-state index contributed by atoms with van der Waals surface area (Å²) < 4.78 is 18.8. The molecular formula is C14H16FN5O. The Kier molecular flexibility index (Phi) is 2.90. The monoisotopic (exact) mass is 289 g/mol. The first-order chi connectivity index (χ1) is 10.2. The summed E-state index contributed by atoms with van der Waals surface area (Å²) in [6.45, 7) is 5.15. The second kappa shape index (κ2) is 4.78. The van der Waals surface area contributed by atoms with E-state index < -0.39 is 5.82 Å². The predicted octanol–water partition coefficient (Wildman–Crippen LogP) is 1.13. The van der Waals surface area contributed by atoms with Gasteiger partial charge in [0.1, 0.15) is 5.82 Å². The lowest BCUT2D eigenvalue weighted by Crippen LogP contribution is -2.57. The minimum atomic E-state index is -0.473. The van der Waals surface area contributed by atoms with Gasteiger partial charge in [0, 0.05) is 32.7 Å². The first kappa shape index (κ1) is 12.7. The molecule has 1 unspecified atom stereocenters. The normalized spacial score (nSPS) is 28.0. The Morgan fingerprint density at radius 3 is 2.76 bits per heavy atom. The summed E-state index contributed by atoms with van der Waals surface area (Å²) in [5, 5.41) is 4.07. The van der Waals surface area contributed by atoms with Crippen molar-refractivity contribution in [2.75, 3.05) is 38.5 Å². The lowest BCUT2D eigenvalue weighted by atomic mass is 10.1. The van der Waals surface area contributed by atoms with Crippen LogP contribution in [0.2, 0.25) is 0 Å². The van der Waals surface area contributed by atoms with Gasteiger partial charge in [-0.1, -0.05) is 11.2 Å². The minimum absolute atomic E-state index is 0.0434. The van der Waals surface area contributed by atoms with Gasteiger partial charge in [-0.2, -0.15) is 4.98 Å². The van der Waals surface area contributed by atoms with Crippen LogP contribution in [0.1, 0.15) is 11.9 Å². The highest BCUT2D eigenvalue weighted by Gasteiger charge is 2.35. The fraction of sp³-hybridized carbons (Fsp3) is 0.429. The third kappa shape index (κ3) is 2.09. The molecule has 5 rings (SSSR count). The first-order valence-electron chi connectivity index (χ1n) is 7.07. The Labute approximate surface area is 121 Å². The summed E-state index contributed by atoms with van der Waals surface area (Å²) in [6, 6.07) is 4.74. The van der Waals surface area contributed by atoms with Crippen LogP contribution in [0, 0.1) is 5.82 Å². The maximum Gasteiger partial charge on any atom is 0.260 e. The van der Waals surface area contributed by atoms with Crippen molar-refractivity contribution in [2.45, 2.75) is 6.04 Å². The van der Waals surface area contributed by atoms with Gasteiger partial charge in [0.15, 0.2) is 5.82 Å². The molecule has 1 atom stereocenters. The highest BCUT2D eigenvalue weighted by molar-refractivity contribution is 5.70. The van der Waals surface area contributed by atoms with E-state index in [0.29, 0.717) is 11.4 Å². The van der Waals surface area contributed by atoms with E-state index in [4.69, 9.17) is 10.3 Å². The highest BCUT2D eigenvalue weighted by atomic mass is 19.1. The van der Waals surface area contributed by atoms with Crippen LogP contribution in [0.25, 0.3) is 11.5 Å². The Bertz CT molecular complexity index is 665. The molecule has 110 valence electrons. The standard InChI is InChI=1S/C14H16FN5O/c15-10-3-1-2-9(12(10)16)14-17-13(18-21-14)11-8-19-4-6-20(11)7-5-19/h1-3,11H,4-8,16H2. The molecule has 0 radical (unpaired) electrons. The molecular weight excluding hydrogens is 273 g/mol. The minimum Gasteiger partial charge on any atom is -0.396 e. The molecule has 0 aliphatic carbocycles. The molecule has 3 aliphatic rings. The number of nitrogens with two attached hydrogens (primary N) is 1. The summed E-state index contributed by atoms with van der Waals surface area (Å²) in [7, 11) is 0. The average Bonchev–Trinajstić information content (AvgIpc) is 3.01. The Balaban J connectivity index is 1.65. The van der Waals surface area contributed by atoms with Crippen LogP contribution < -0.4 is 5.73 Å². The smallest absolute Gasteiger partial charge is 0.260 e. The van der Waals surface area contributed by atoms with Crippen molar-refractivity contribution in [2.24, 2.45) is 0 Å². The predicted molar refractivity (Wildman–Crippen MR) is 74.9 cm³/mol. The number of nitrogens with zero attached hydrogens (tertiary/aromatic N) is 4. The molecule has 2 bridgehead atoms. The number of hydrogen-bond donors (Lipinski definition) is 1.